The number of rotatable bonds is 5. The van der Waals surface area contributed by atoms with Crippen molar-refractivity contribution < 1.29 is 13.2 Å². The fourth-order valence-electron chi connectivity index (χ4n) is 3.22. The summed E-state index contributed by atoms with van der Waals surface area (Å²) in [5.74, 6) is 0.848. The van der Waals surface area contributed by atoms with E-state index in [4.69, 9.17) is 9.72 Å². The highest BCUT2D eigenvalue weighted by Gasteiger charge is 2.14. The third-order valence-corrected chi connectivity index (χ3v) is 5.01. The first-order valence-corrected chi connectivity index (χ1v) is 9.94. The lowest BCUT2D eigenvalue weighted by molar-refractivity contribution is 0.122. The van der Waals surface area contributed by atoms with Crippen molar-refractivity contribution in [3.63, 3.8) is 0 Å². The van der Waals surface area contributed by atoms with E-state index in [0.29, 0.717) is 13.2 Å². The smallest absolute Gasteiger partial charge is 0.201 e. The summed E-state index contributed by atoms with van der Waals surface area (Å²) in [6.45, 7) is 3.26. The summed E-state index contributed by atoms with van der Waals surface area (Å²) < 4.78 is 29.6. The topological polar surface area (TPSA) is 84.4 Å². The van der Waals surface area contributed by atoms with E-state index in [1.54, 1.807) is 6.20 Å². The molecule has 7 nitrogen and oxygen atoms in total. The van der Waals surface area contributed by atoms with Crippen molar-refractivity contribution in [3.05, 3.63) is 54.2 Å². The Labute approximate surface area is 159 Å². The minimum absolute atomic E-state index is 0.256. The van der Waals surface area contributed by atoms with Crippen LogP contribution in [0.3, 0.4) is 0 Å². The number of hydrogen-bond donors (Lipinski definition) is 2. The first-order valence-electron chi connectivity index (χ1n) is 8.76. The van der Waals surface area contributed by atoms with Gasteiger partial charge in [-0.25, -0.2) is 18.1 Å². The molecule has 0 radical (unpaired) electrons. The summed E-state index contributed by atoms with van der Waals surface area (Å²) in [7, 11) is -2.63. The molecule has 0 unspecified atom stereocenters. The van der Waals surface area contributed by atoms with Crippen molar-refractivity contribution >= 4 is 27.7 Å². The Bertz CT molecular complexity index is 1020. The standard InChI is InChI=1S/C19H20N4O3S/c24-27(25)21-12-15-3-1-2-4-16(15)14-5-6-17-18(11-14)22-19(13-20-17)23-7-9-26-10-8-23/h1-6,11,13,27H,7-10,12H2,(H,21,24,25). The molecule has 1 aromatic heterocycles. The van der Waals surface area contributed by atoms with Gasteiger partial charge in [0.2, 0.25) is 10.9 Å². The highest BCUT2D eigenvalue weighted by molar-refractivity contribution is 7.70. The normalized spacial score (nSPS) is 14.8. The zero-order chi connectivity index (χ0) is 18.6. The van der Waals surface area contributed by atoms with Gasteiger partial charge in [-0.1, -0.05) is 30.3 Å². The molecule has 1 fully saturated rings. The summed E-state index contributed by atoms with van der Waals surface area (Å²) in [6, 6.07) is 13.7. The Balaban J connectivity index is 1.70. The van der Waals surface area contributed by atoms with E-state index in [9.17, 15) is 8.42 Å². The van der Waals surface area contributed by atoms with Crippen LogP contribution in [0.2, 0.25) is 0 Å². The fourth-order valence-corrected chi connectivity index (χ4v) is 3.52. The molecule has 2 heterocycles. The first kappa shape index (κ1) is 17.8. The van der Waals surface area contributed by atoms with Crippen molar-refractivity contribution in [1.82, 2.24) is 14.7 Å². The van der Waals surface area contributed by atoms with Crippen LogP contribution < -0.4 is 9.62 Å². The second-order valence-corrected chi connectivity index (χ2v) is 7.11. The van der Waals surface area contributed by atoms with Crippen LogP contribution in [0.5, 0.6) is 0 Å². The maximum absolute atomic E-state index is 10.9. The molecule has 0 amide bonds. The van der Waals surface area contributed by atoms with Crippen LogP contribution in [0.25, 0.3) is 22.2 Å². The molecule has 0 saturated carbocycles. The number of hydrogen-bond acceptors (Lipinski definition) is 6. The highest BCUT2D eigenvalue weighted by atomic mass is 32.2. The van der Waals surface area contributed by atoms with Gasteiger partial charge in [-0.15, -0.1) is 0 Å². The third-order valence-electron chi connectivity index (χ3n) is 4.59. The van der Waals surface area contributed by atoms with Crippen LogP contribution in [-0.2, 0) is 22.2 Å². The second kappa shape index (κ2) is 7.99. The molecule has 27 heavy (non-hydrogen) atoms. The maximum atomic E-state index is 10.9. The Morgan fingerprint density at radius 2 is 1.89 bits per heavy atom. The van der Waals surface area contributed by atoms with E-state index < -0.39 is 10.9 Å². The number of morpholine rings is 1. The van der Waals surface area contributed by atoms with Crippen molar-refractivity contribution in [2.24, 2.45) is 0 Å². The molecule has 2 aromatic carbocycles. The van der Waals surface area contributed by atoms with Gasteiger partial charge in [-0.3, -0.25) is 4.98 Å². The van der Waals surface area contributed by atoms with Gasteiger partial charge in [0.1, 0.15) is 5.82 Å². The number of nitrogens with one attached hydrogen (secondary N) is 1. The van der Waals surface area contributed by atoms with E-state index in [1.807, 2.05) is 42.5 Å². The lowest BCUT2D eigenvalue weighted by Crippen LogP contribution is -2.36. The average molecular weight is 384 g/mol. The second-order valence-electron chi connectivity index (χ2n) is 6.28. The molecule has 0 atom stereocenters. The van der Waals surface area contributed by atoms with Crippen LogP contribution in [-0.4, -0.2) is 44.7 Å². The molecule has 0 bridgehead atoms. The lowest BCUT2D eigenvalue weighted by atomic mass is 9.99. The van der Waals surface area contributed by atoms with Crippen molar-refractivity contribution in [1.29, 1.82) is 0 Å². The minimum Gasteiger partial charge on any atom is -0.378 e. The van der Waals surface area contributed by atoms with E-state index in [-0.39, 0.29) is 6.54 Å². The average Bonchev–Trinajstić information content (AvgIpc) is 2.72. The number of aromatic nitrogens is 2. The van der Waals surface area contributed by atoms with E-state index >= 15 is 0 Å². The van der Waals surface area contributed by atoms with Crippen LogP contribution in [0.15, 0.2) is 48.7 Å². The molecule has 0 spiro atoms. The van der Waals surface area contributed by atoms with Crippen molar-refractivity contribution in [2.75, 3.05) is 31.2 Å². The molecule has 140 valence electrons. The van der Waals surface area contributed by atoms with Gasteiger partial charge < -0.3 is 9.64 Å². The molecule has 3 aromatic rings. The molecule has 8 heteroatoms. The van der Waals surface area contributed by atoms with E-state index in [1.165, 1.54) is 0 Å². The van der Waals surface area contributed by atoms with Crippen LogP contribution in [0, 0.1) is 0 Å². The van der Waals surface area contributed by atoms with Gasteiger partial charge in [-0.2, -0.15) is 0 Å². The van der Waals surface area contributed by atoms with Crippen LogP contribution >= 0.6 is 0 Å². The molecule has 1 saturated heterocycles. The zero-order valence-electron chi connectivity index (χ0n) is 14.7. The molecule has 4 rings (SSSR count). The largest absolute Gasteiger partial charge is 0.378 e. The molecular weight excluding hydrogens is 364 g/mol. The molecule has 1 N–H and O–H groups in total. The third kappa shape index (κ3) is 4.08. The lowest BCUT2D eigenvalue weighted by Gasteiger charge is -2.27. The van der Waals surface area contributed by atoms with Crippen molar-refractivity contribution in [3.8, 4) is 11.1 Å². The van der Waals surface area contributed by atoms with E-state index in [0.717, 1.165) is 46.6 Å². The van der Waals surface area contributed by atoms with Gasteiger partial charge in [0.15, 0.2) is 0 Å². The zero-order valence-corrected chi connectivity index (χ0v) is 15.6. The number of fused-ring (bicyclic) bond motifs is 1. The first-order chi connectivity index (χ1) is 13.2. The number of ether oxygens (including phenoxy) is 1. The predicted molar refractivity (Wildman–Crippen MR) is 105 cm³/mol. The Hall–Kier alpha value is -2.55. The molecule has 0 aliphatic carbocycles. The van der Waals surface area contributed by atoms with Gasteiger partial charge in [0, 0.05) is 19.6 Å². The quantitative estimate of drug-likeness (QED) is 0.652. The number of nitrogens with zero attached hydrogens (tertiary/aromatic N) is 3. The molecule has 1 aliphatic heterocycles. The Kier molecular flexibility index (Phi) is 5.28. The van der Waals surface area contributed by atoms with E-state index in [2.05, 4.69) is 14.6 Å². The van der Waals surface area contributed by atoms with Gasteiger partial charge in [-0.05, 0) is 28.8 Å². The molecular formula is C19H20N4O3S. The fraction of sp³-hybridized carbons (Fsp3) is 0.263. The van der Waals surface area contributed by atoms with Crippen LogP contribution in [0.1, 0.15) is 5.56 Å². The monoisotopic (exact) mass is 384 g/mol. The Morgan fingerprint density at radius 1 is 1.07 bits per heavy atom. The van der Waals surface area contributed by atoms with Crippen molar-refractivity contribution in [2.45, 2.75) is 6.54 Å². The van der Waals surface area contributed by atoms with Gasteiger partial charge in [0.05, 0.1) is 30.4 Å². The summed E-state index contributed by atoms with van der Waals surface area (Å²) in [6.07, 6.45) is 1.80. The molecule has 1 aliphatic rings. The summed E-state index contributed by atoms with van der Waals surface area (Å²) >= 11 is 0. The minimum atomic E-state index is -2.63. The Morgan fingerprint density at radius 3 is 2.70 bits per heavy atom. The summed E-state index contributed by atoms with van der Waals surface area (Å²) in [5.41, 5.74) is 4.51. The van der Waals surface area contributed by atoms with Gasteiger partial charge in [0.25, 0.3) is 0 Å². The predicted octanol–water partition coefficient (Wildman–Crippen LogP) is 1.75. The summed E-state index contributed by atoms with van der Waals surface area (Å²) in [5, 5.41) is 0. The number of anilines is 1. The SMILES string of the molecule is O=[SH](=O)NCc1ccccc1-c1ccc2ncc(N3CCOCC3)nc2c1. The van der Waals surface area contributed by atoms with Crippen LogP contribution in [0.4, 0.5) is 5.82 Å². The highest BCUT2D eigenvalue weighted by Crippen LogP contribution is 2.27. The summed E-state index contributed by atoms with van der Waals surface area (Å²) in [4.78, 5) is 11.5. The number of benzene rings is 2. The van der Waals surface area contributed by atoms with Gasteiger partial charge >= 0.3 is 0 Å². The number of thiol groups is 1. The maximum Gasteiger partial charge on any atom is 0.201 e.